The average molecular weight is 479 g/mol. The molecule has 2 heterocycles. The number of rotatable bonds is 9. The fourth-order valence-corrected chi connectivity index (χ4v) is 5.41. The molecule has 1 unspecified atom stereocenters. The Hall–Kier alpha value is -3.06. The number of benzene rings is 2. The lowest BCUT2D eigenvalue weighted by molar-refractivity contribution is -0.126. The lowest BCUT2D eigenvalue weighted by atomic mass is 9.97. The summed E-state index contributed by atoms with van der Waals surface area (Å²) >= 11 is 0. The van der Waals surface area contributed by atoms with Gasteiger partial charge in [0.25, 0.3) is 5.91 Å². The average Bonchev–Trinajstić information content (AvgIpc) is 2.88. The first-order valence-corrected chi connectivity index (χ1v) is 12.9. The third-order valence-electron chi connectivity index (χ3n) is 7.41. The van der Waals surface area contributed by atoms with E-state index < -0.39 is 6.10 Å². The van der Waals surface area contributed by atoms with E-state index in [1.165, 1.54) is 38.6 Å². The van der Waals surface area contributed by atoms with Crippen molar-refractivity contribution in [2.45, 2.75) is 77.0 Å². The van der Waals surface area contributed by atoms with Crippen LogP contribution in [0.1, 0.15) is 76.0 Å². The van der Waals surface area contributed by atoms with Crippen LogP contribution in [-0.2, 0) is 4.79 Å². The molecule has 2 aromatic rings. The third kappa shape index (κ3) is 5.78. The van der Waals surface area contributed by atoms with Gasteiger partial charge in [-0.15, -0.1) is 0 Å². The molecular weight excluding hydrogens is 440 g/mol. The molecule has 4 rings (SSSR count). The summed E-state index contributed by atoms with van der Waals surface area (Å²) in [6.07, 6.45) is 7.61. The number of anilines is 1. The van der Waals surface area contributed by atoms with E-state index >= 15 is 0 Å². The normalized spacial score (nSPS) is 23.1. The zero-order chi connectivity index (χ0) is 24.8. The molecule has 0 bridgehead atoms. The number of fused-ring (bicyclic) bond motifs is 1. The molecule has 0 aliphatic carbocycles. The molecule has 1 saturated heterocycles. The maximum atomic E-state index is 13.5. The van der Waals surface area contributed by atoms with Crippen molar-refractivity contribution in [3.05, 3.63) is 59.7 Å². The highest BCUT2D eigenvalue weighted by atomic mass is 16.5. The van der Waals surface area contributed by atoms with Crippen LogP contribution in [-0.4, -0.2) is 47.0 Å². The molecule has 0 radical (unpaired) electrons. The van der Waals surface area contributed by atoms with E-state index in [0.717, 1.165) is 18.5 Å². The van der Waals surface area contributed by atoms with E-state index in [2.05, 4.69) is 23.9 Å². The molecule has 0 spiro atoms. The number of ether oxygens (including phenoxy) is 1. The number of piperidine rings is 1. The van der Waals surface area contributed by atoms with Gasteiger partial charge >= 0.3 is 0 Å². The molecule has 0 saturated carbocycles. The second-order valence-electron chi connectivity index (χ2n) is 9.85. The van der Waals surface area contributed by atoms with Crippen molar-refractivity contribution in [2.24, 2.45) is 10.9 Å². The SMILES string of the molecule is C[C@@H]1CCC[C@H](C)N1CCCCCCN1C(=O)C(c2cccc(/C(N)=N/O)c2)Oc2ccccc21. The van der Waals surface area contributed by atoms with Crippen LogP contribution < -0.4 is 15.4 Å². The number of hydrogen-bond acceptors (Lipinski definition) is 5. The molecule has 1 amide bonds. The van der Waals surface area contributed by atoms with E-state index in [4.69, 9.17) is 15.7 Å². The van der Waals surface area contributed by atoms with Crippen molar-refractivity contribution >= 4 is 17.4 Å². The third-order valence-corrected chi connectivity index (χ3v) is 7.41. The number of unbranched alkanes of at least 4 members (excludes halogenated alkanes) is 3. The molecule has 7 nitrogen and oxygen atoms in total. The van der Waals surface area contributed by atoms with Crippen LogP contribution in [0.2, 0.25) is 0 Å². The van der Waals surface area contributed by atoms with Crippen LogP contribution in [0.4, 0.5) is 5.69 Å². The van der Waals surface area contributed by atoms with Gasteiger partial charge in [0.1, 0.15) is 5.75 Å². The first-order chi connectivity index (χ1) is 17.0. The number of carbonyl (C=O) groups excluding carboxylic acids is 1. The van der Waals surface area contributed by atoms with Gasteiger partial charge in [0.15, 0.2) is 5.84 Å². The van der Waals surface area contributed by atoms with Crippen LogP contribution in [0.3, 0.4) is 0 Å². The highest BCUT2D eigenvalue weighted by Crippen LogP contribution is 2.39. The maximum absolute atomic E-state index is 13.5. The minimum atomic E-state index is -0.765. The monoisotopic (exact) mass is 478 g/mol. The highest BCUT2D eigenvalue weighted by molar-refractivity contribution is 6.01. The zero-order valence-corrected chi connectivity index (χ0v) is 20.9. The number of carbonyl (C=O) groups is 1. The quantitative estimate of drug-likeness (QED) is 0.173. The summed E-state index contributed by atoms with van der Waals surface area (Å²) in [5.41, 5.74) is 7.81. The molecule has 188 valence electrons. The summed E-state index contributed by atoms with van der Waals surface area (Å²) in [6, 6.07) is 16.2. The minimum absolute atomic E-state index is 0.000653. The Kier molecular flexibility index (Phi) is 8.29. The standard InChI is InChI=1S/C28H38N4O3/c1-20-11-9-12-21(2)31(20)17-7-3-4-8-18-32-24-15-5-6-16-25(24)35-26(28(32)33)22-13-10-14-23(19-22)27(29)30-34/h5-6,10,13-16,19-21,26,34H,3-4,7-9,11-12,17-18H2,1-2H3,(H2,29,30)/t20-,21+,26?. The van der Waals surface area contributed by atoms with E-state index in [1.807, 2.05) is 35.2 Å². The van der Waals surface area contributed by atoms with Gasteiger partial charge in [-0.05, 0) is 64.3 Å². The van der Waals surface area contributed by atoms with Crippen LogP contribution in [0.25, 0.3) is 0 Å². The fraction of sp³-hybridized carbons (Fsp3) is 0.500. The molecule has 2 aromatic carbocycles. The minimum Gasteiger partial charge on any atom is -0.474 e. The van der Waals surface area contributed by atoms with Gasteiger partial charge in [0.2, 0.25) is 6.10 Å². The Labute approximate surface area is 208 Å². The number of para-hydroxylation sites is 2. The molecular formula is C28H38N4O3. The van der Waals surface area contributed by atoms with E-state index in [0.29, 0.717) is 35.5 Å². The topological polar surface area (TPSA) is 91.4 Å². The molecule has 3 atom stereocenters. The predicted octanol–water partition coefficient (Wildman–Crippen LogP) is 5.07. The van der Waals surface area contributed by atoms with E-state index in [1.54, 1.807) is 18.2 Å². The molecule has 0 aromatic heterocycles. The van der Waals surface area contributed by atoms with Gasteiger partial charge in [0.05, 0.1) is 5.69 Å². The van der Waals surface area contributed by atoms with Gasteiger partial charge in [0, 0.05) is 29.8 Å². The van der Waals surface area contributed by atoms with Crippen LogP contribution in [0.15, 0.2) is 53.7 Å². The Balaban J connectivity index is 1.37. The van der Waals surface area contributed by atoms with Crippen molar-refractivity contribution < 1.29 is 14.7 Å². The second-order valence-corrected chi connectivity index (χ2v) is 9.85. The molecule has 35 heavy (non-hydrogen) atoms. The number of likely N-dealkylation sites (tertiary alicyclic amines) is 1. The Morgan fingerprint density at radius 1 is 1.03 bits per heavy atom. The second kappa shape index (κ2) is 11.6. The summed E-state index contributed by atoms with van der Waals surface area (Å²) in [5, 5.41) is 12.1. The van der Waals surface area contributed by atoms with E-state index in [9.17, 15) is 4.79 Å². The number of nitrogens with zero attached hydrogens (tertiary/aromatic N) is 3. The lowest BCUT2D eigenvalue weighted by Gasteiger charge is -2.39. The molecule has 2 aliphatic heterocycles. The van der Waals surface area contributed by atoms with Crippen molar-refractivity contribution in [3.8, 4) is 5.75 Å². The molecule has 7 heteroatoms. The lowest BCUT2D eigenvalue weighted by Crippen LogP contribution is -2.44. The van der Waals surface area contributed by atoms with Gasteiger partial charge in [-0.25, -0.2) is 0 Å². The number of oxime groups is 1. The van der Waals surface area contributed by atoms with Crippen molar-refractivity contribution in [1.29, 1.82) is 0 Å². The smallest absolute Gasteiger partial charge is 0.272 e. The Morgan fingerprint density at radius 3 is 2.49 bits per heavy atom. The first kappa shape index (κ1) is 25.0. The zero-order valence-electron chi connectivity index (χ0n) is 20.9. The van der Waals surface area contributed by atoms with Gasteiger partial charge < -0.3 is 20.6 Å². The number of amidine groups is 1. The number of hydrogen-bond donors (Lipinski definition) is 2. The van der Waals surface area contributed by atoms with Gasteiger partial charge in [-0.2, -0.15) is 0 Å². The summed E-state index contributed by atoms with van der Waals surface area (Å²) in [4.78, 5) is 18.0. The fourth-order valence-electron chi connectivity index (χ4n) is 5.41. The first-order valence-electron chi connectivity index (χ1n) is 12.9. The number of nitrogens with two attached hydrogens (primary N) is 1. The van der Waals surface area contributed by atoms with Crippen LogP contribution >= 0.6 is 0 Å². The summed E-state index contributed by atoms with van der Waals surface area (Å²) in [5.74, 6) is 0.608. The maximum Gasteiger partial charge on any atom is 0.272 e. The van der Waals surface area contributed by atoms with Gasteiger partial charge in [-0.3, -0.25) is 9.69 Å². The molecule has 1 fully saturated rings. The molecule has 3 N–H and O–H groups in total. The highest BCUT2D eigenvalue weighted by Gasteiger charge is 2.35. The largest absolute Gasteiger partial charge is 0.474 e. The van der Waals surface area contributed by atoms with E-state index in [-0.39, 0.29) is 11.7 Å². The summed E-state index contributed by atoms with van der Waals surface area (Å²) in [7, 11) is 0. The molecule has 2 aliphatic rings. The van der Waals surface area contributed by atoms with Crippen molar-refractivity contribution in [2.75, 3.05) is 18.0 Å². The Bertz CT molecular complexity index is 1030. The van der Waals surface area contributed by atoms with Crippen molar-refractivity contribution in [1.82, 2.24) is 4.90 Å². The van der Waals surface area contributed by atoms with Crippen molar-refractivity contribution in [3.63, 3.8) is 0 Å². The Morgan fingerprint density at radius 2 is 1.74 bits per heavy atom. The van der Waals surface area contributed by atoms with Crippen LogP contribution in [0.5, 0.6) is 5.75 Å². The number of amides is 1. The van der Waals surface area contributed by atoms with Crippen LogP contribution in [0, 0.1) is 0 Å². The van der Waals surface area contributed by atoms with Gasteiger partial charge in [-0.1, -0.05) is 54.8 Å². The summed E-state index contributed by atoms with van der Waals surface area (Å²) < 4.78 is 6.12. The summed E-state index contributed by atoms with van der Waals surface area (Å²) in [6.45, 7) is 6.54. The predicted molar refractivity (Wildman–Crippen MR) is 139 cm³/mol.